The third-order valence-electron chi connectivity index (χ3n) is 4.07. The lowest BCUT2D eigenvalue weighted by Gasteiger charge is -2.28. The number of benzene rings is 1. The predicted molar refractivity (Wildman–Crippen MR) is 102 cm³/mol. The summed E-state index contributed by atoms with van der Waals surface area (Å²) in [6, 6.07) is 5.16. The first kappa shape index (κ1) is 19.0. The highest BCUT2D eigenvalue weighted by molar-refractivity contribution is 6.99. The minimum Gasteiger partial charge on any atom is -0.505 e. The summed E-state index contributed by atoms with van der Waals surface area (Å²) in [7, 11) is 3.28. The summed E-state index contributed by atoms with van der Waals surface area (Å²) in [5.74, 6) is 0.767. The Morgan fingerprint density at radius 1 is 1.24 bits per heavy atom. The van der Waals surface area contributed by atoms with Crippen LogP contribution in [0.4, 0.5) is 17.3 Å². The number of amides is 1. The fraction of sp³-hybridized carbons (Fsp3) is 0.471. The second-order valence-corrected chi connectivity index (χ2v) is 7.75. The first-order chi connectivity index (χ1) is 11.6. The summed E-state index contributed by atoms with van der Waals surface area (Å²) in [5.41, 5.74) is 0.698. The zero-order valence-corrected chi connectivity index (χ0v) is 16.2. The van der Waals surface area contributed by atoms with E-state index in [2.05, 4.69) is 47.1 Å². The van der Waals surface area contributed by atoms with Crippen molar-refractivity contribution in [2.24, 2.45) is 5.41 Å². The highest BCUT2D eigenvalue weighted by Gasteiger charge is 2.23. The molecule has 0 fully saturated rings. The van der Waals surface area contributed by atoms with Crippen molar-refractivity contribution in [2.45, 2.75) is 33.7 Å². The molecule has 1 aromatic carbocycles. The van der Waals surface area contributed by atoms with E-state index in [0.717, 1.165) is 11.7 Å². The normalized spacial score (nSPS) is 12.6. The van der Waals surface area contributed by atoms with Crippen LogP contribution in [0.2, 0.25) is 0 Å². The summed E-state index contributed by atoms with van der Waals surface area (Å²) in [6.45, 7) is 8.50. The van der Waals surface area contributed by atoms with Crippen LogP contribution >= 0.6 is 11.7 Å². The van der Waals surface area contributed by atoms with Gasteiger partial charge in [0.2, 0.25) is 0 Å². The van der Waals surface area contributed by atoms with Crippen LogP contribution in [0, 0.1) is 5.41 Å². The van der Waals surface area contributed by atoms with Crippen molar-refractivity contribution in [3.63, 3.8) is 0 Å². The van der Waals surface area contributed by atoms with E-state index in [1.807, 2.05) is 0 Å². The van der Waals surface area contributed by atoms with Crippen LogP contribution in [0.5, 0.6) is 5.75 Å². The maximum atomic E-state index is 12.1. The van der Waals surface area contributed by atoms with E-state index in [1.165, 1.54) is 4.90 Å². The van der Waals surface area contributed by atoms with Crippen molar-refractivity contribution in [1.29, 1.82) is 0 Å². The lowest BCUT2D eigenvalue weighted by atomic mass is 9.88. The lowest BCUT2D eigenvalue weighted by Crippen LogP contribution is -2.31. The van der Waals surface area contributed by atoms with Gasteiger partial charge in [0.25, 0.3) is 5.91 Å². The van der Waals surface area contributed by atoms with E-state index < -0.39 is 0 Å². The first-order valence-corrected chi connectivity index (χ1v) is 8.74. The van der Waals surface area contributed by atoms with Gasteiger partial charge in [-0.3, -0.25) is 4.79 Å². The van der Waals surface area contributed by atoms with E-state index in [1.54, 1.807) is 32.3 Å². The number of aromatic nitrogens is 2. The molecule has 1 aromatic heterocycles. The average molecular weight is 363 g/mol. The number of rotatable bonds is 5. The standard InChI is InChI=1S/C17H25N5O2S/c1-10(17(2,3)4)18-14-15(21-25-20-14)19-12-9-7-8-11(13(12)23)16(24)22(5)6/h7-10,23H,1-6H3,(H,18,20)(H,19,21)/t10-/m0/s1. The van der Waals surface area contributed by atoms with Gasteiger partial charge in [0, 0.05) is 20.1 Å². The van der Waals surface area contributed by atoms with Gasteiger partial charge < -0.3 is 20.6 Å². The second kappa shape index (κ2) is 7.26. The molecule has 0 aliphatic heterocycles. The number of carbonyl (C=O) groups is 1. The molecule has 0 unspecified atom stereocenters. The number of nitrogens with zero attached hydrogens (tertiary/aromatic N) is 3. The van der Waals surface area contributed by atoms with Crippen molar-refractivity contribution < 1.29 is 9.90 Å². The molecule has 8 heteroatoms. The van der Waals surface area contributed by atoms with Crippen molar-refractivity contribution >= 4 is 35.0 Å². The fourth-order valence-corrected chi connectivity index (χ4v) is 2.45. The zero-order valence-electron chi connectivity index (χ0n) is 15.4. The highest BCUT2D eigenvalue weighted by Crippen LogP contribution is 2.33. The fourth-order valence-electron chi connectivity index (χ4n) is 1.97. The molecule has 1 heterocycles. The summed E-state index contributed by atoms with van der Waals surface area (Å²) in [6.07, 6.45) is 0. The van der Waals surface area contributed by atoms with Crippen LogP contribution in [-0.4, -0.2) is 44.8 Å². The molecule has 136 valence electrons. The van der Waals surface area contributed by atoms with Gasteiger partial charge in [-0.05, 0) is 24.5 Å². The maximum Gasteiger partial charge on any atom is 0.257 e. The molecule has 0 aliphatic carbocycles. The van der Waals surface area contributed by atoms with Gasteiger partial charge in [-0.2, -0.15) is 8.75 Å². The molecule has 2 aromatic rings. The highest BCUT2D eigenvalue weighted by atomic mass is 32.1. The van der Waals surface area contributed by atoms with Gasteiger partial charge >= 0.3 is 0 Å². The quantitative estimate of drug-likeness (QED) is 0.704. The van der Waals surface area contributed by atoms with E-state index >= 15 is 0 Å². The number of hydrogen-bond acceptors (Lipinski definition) is 7. The molecule has 25 heavy (non-hydrogen) atoms. The lowest BCUT2D eigenvalue weighted by molar-refractivity contribution is 0.0824. The van der Waals surface area contributed by atoms with Gasteiger partial charge in [-0.15, -0.1) is 0 Å². The number of para-hydroxylation sites is 1. The van der Waals surface area contributed by atoms with Gasteiger partial charge in [-0.1, -0.05) is 26.8 Å². The molecule has 7 nitrogen and oxygen atoms in total. The van der Waals surface area contributed by atoms with Gasteiger partial charge in [0.05, 0.1) is 23.0 Å². The molecule has 0 aliphatic rings. The van der Waals surface area contributed by atoms with E-state index in [9.17, 15) is 9.90 Å². The van der Waals surface area contributed by atoms with Gasteiger partial charge in [0.1, 0.15) is 0 Å². The molecule has 0 saturated carbocycles. The van der Waals surface area contributed by atoms with Crippen LogP contribution in [0.3, 0.4) is 0 Å². The van der Waals surface area contributed by atoms with E-state index in [0.29, 0.717) is 17.3 Å². The Hall–Kier alpha value is -2.35. The molecule has 3 N–H and O–H groups in total. The first-order valence-electron chi connectivity index (χ1n) is 8.01. The van der Waals surface area contributed by atoms with E-state index in [4.69, 9.17) is 0 Å². The van der Waals surface area contributed by atoms with Crippen molar-refractivity contribution in [1.82, 2.24) is 13.6 Å². The Balaban J connectivity index is 2.26. The Labute approximate surface area is 152 Å². The SMILES string of the molecule is C[C@H](Nc1nsnc1Nc1cccc(C(=O)N(C)C)c1O)C(C)(C)C. The third-order valence-corrected chi connectivity index (χ3v) is 4.59. The molecule has 1 amide bonds. The zero-order chi connectivity index (χ0) is 18.8. The van der Waals surface area contributed by atoms with Gasteiger partial charge in [-0.25, -0.2) is 0 Å². The molecule has 2 rings (SSSR count). The van der Waals surface area contributed by atoms with Crippen molar-refractivity contribution in [3.05, 3.63) is 23.8 Å². The molecule has 0 bridgehead atoms. The topological polar surface area (TPSA) is 90.4 Å². The van der Waals surface area contributed by atoms with Crippen LogP contribution in [-0.2, 0) is 0 Å². The van der Waals surface area contributed by atoms with Crippen LogP contribution in [0.25, 0.3) is 0 Å². The molecular weight excluding hydrogens is 338 g/mol. The molecular formula is C17H25N5O2S. The summed E-state index contributed by atoms with van der Waals surface area (Å²) >= 11 is 1.08. The number of hydrogen-bond donors (Lipinski definition) is 3. The van der Waals surface area contributed by atoms with E-state index in [-0.39, 0.29) is 28.7 Å². The van der Waals surface area contributed by atoms with Crippen LogP contribution < -0.4 is 10.6 Å². The number of nitrogens with one attached hydrogen (secondary N) is 2. The Morgan fingerprint density at radius 2 is 1.88 bits per heavy atom. The summed E-state index contributed by atoms with van der Waals surface area (Å²) < 4.78 is 8.53. The maximum absolute atomic E-state index is 12.1. The average Bonchev–Trinajstić information content (AvgIpc) is 2.94. The number of phenolic OH excluding ortho intramolecular Hbond substituents is 1. The minimum atomic E-state index is -0.266. The number of aromatic hydroxyl groups is 1. The Bertz CT molecular complexity index is 752. The molecule has 0 radical (unpaired) electrons. The monoisotopic (exact) mass is 363 g/mol. The summed E-state index contributed by atoms with van der Waals surface area (Å²) in [5, 5.41) is 16.8. The number of carbonyl (C=O) groups excluding carboxylic acids is 1. The Morgan fingerprint density at radius 3 is 2.48 bits per heavy atom. The number of anilines is 3. The predicted octanol–water partition coefficient (Wildman–Crippen LogP) is 3.54. The van der Waals surface area contributed by atoms with Crippen LogP contribution in [0.15, 0.2) is 18.2 Å². The number of phenols is 1. The largest absolute Gasteiger partial charge is 0.505 e. The third kappa shape index (κ3) is 4.39. The van der Waals surface area contributed by atoms with Crippen LogP contribution in [0.1, 0.15) is 38.1 Å². The molecule has 1 atom stereocenters. The smallest absolute Gasteiger partial charge is 0.257 e. The summed E-state index contributed by atoms with van der Waals surface area (Å²) in [4.78, 5) is 13.6. The van der Waals surface area contributed by atoms with Crippen molar-refractivity contribution in [2.75, 3.05) is 24.7 Å². The van der Waals surface area contributed by atoms with Gasteiger partial charge in [0.15, 0.2) is 17.4 Å². The molecule has 0 saturated heterocycles. The second-order valence-electron chi connectivity index (χ2n) is 7.22. The molecule has 0 spiro atoms. The minimum absolute atomic E-state index is 0.0566. The van der Waals surface area contributed by atoms with Crippen molar-refractivity contribution in [3.8, 4) is 5.75 Å². The Kier molecular flexibility index (Phi) is 5.52.